The van der Waals surface area contributed by atoms with E-state index in [4.69, 9.17) is 32.7 Å². The van der Waals surface area contributed by atoms with Crippen LogP contribution in [-0.2, 0) is 6.54 Å². The minimum absolute atomic E-state index is 0.121. The molecule has 9 heteroatoms. The van der Waals surface area contributed by atoms with E-state index in [1.165, 1.54) is 42.4 Å². The van der Waals surface area contributed by atoms with Crippen LogP contribution in [0, 0.1) is 11.3 Å². The maximum absolute atomic E-state index is 11.8. The molecule has 7 nitrogen and oxygen atoms in total. The van der Waals surface area contributed by atoms with Crippen molar-refractivity contribution in [3.8, 4) is 17.6 Å². The first-order valence-electron chi connectivity index (χ1n) is 8.77. The lowest BCUT2D eigenvalue weighted by molar-refractivity contribution is 0.277. The number of methoxy groups -OCH3 is 1. The second-order valence-electron chi connectivity index (χ2n) is 5.99. The van der Waals surface area contributed by atoms with Gasteiger partial charge in [-0.1, -0.05) is 29.3 Å². The zero-order chi connectivity index (χ0) is 21.5. The lowest BCUT2D eigenvalue weighted by atomic mass is 10.1. The summed E-state index contributed by atoms with van der Waals surface area (Å²) in [7, 11) is 1.49. The molecular weight excluding hydrogens is 427 g/mol. The molecule has 0 fully saturated rings. The van der Waals surface area contributed by atoms with Crippen molar-refractivity contribution >= 4 is 34.9 Å². The molecule has 0 bridgehead atoms. The first-order valence-corrected chi connectivity index (χ1v) is 9.52. The van der Waals surface area contributed by atoms with Gasteiger partial charge in [0.25, 0.3) is 5.56 Å². The Labute approximate surface area is 182 Å². The number of halogens is 2. The summed E-state index contributed by atoms with van der Waals surface area (Å²) in [4.78, 5) is 20.0. The molecule has 0 atom stereocenters. The Morgan fingerprint density at radius 2 is 2.00 bits per heavy atom. The van der Waals surface area contributed by atoms with Gasteiger partial charge in [-0.3, -0.25) is 14.8 Å². The second kappa shape index (κ2) is 9.92. The Hall–Kier alpha value is -3.34. The summed E-state index contributed by atoms with van der Waals surface area (Å²) >= 11 is 12.3. The molecule has 0 radical (unpaired) electrons. The van der Waals surface area contributed by atoms with Gasteiger partial charge in [-0.25, -0.2) is 0 Å². The minimum atomic E-state index is -0.121. The first-order chi connectivity index (χ1) is 14.5. The number of allylic oxidation sites excluding steroid dienone is 1. The van der Waals surface area contributed by atoms with Gasteiger partial charge in [0.15, 0.2) is 11.5 Å². The molecule has 0 unspecified atom stereocenters. The quantitative estimate of drug-likeness (QED) is 0.511. The van der Waals surface area contributed by atoms with Gasteiger partial charge in [-0.2, -0.15) is 5.26 Å². The number of hydrogen-bond donors (Lipinski definition) is 0. The summed E-state index contributed by atoms with van der Waals surface area (Å²) < 4.78 is 12.6. The van der Waals surface area contributed by atoms with Gasteiger partial charge in [-0.15, -0.1) is 0 Å². The molecule has 3 aromatic heterocycles. The second-order valence-corrected chi connectivity index (χ2v) is 6.80. The number of hydrogen-bond acceptors (Lipinski definition) is 6. The highest BCUT2D eigenvalue weighted by Gasteiger charge is 2.13. The van der Waals surface area contributed by atoms with Crippen molar-refractivity contribution in [3.05, 3.63) is 80.7 Å². The Morgan fingerprint density at radius 3 is 2.67 bits per heavy atom. The number of ether oxygens (including phenoxy) is 2. The van der Waals surface area contributed by atoms with Crippen LogP contribution in [-0.4, -0.2) is 28.3 Å². The predicted octanol–water partition coefficient (Wildman–Crippen LogP) is 4.10. The molecule has 0 aliphatic carbocycles. The molecule has 0 aliphatic rings. The van der Waals surface area contributed by atoms with Crippen LogP contribution in [0.4, 0.5) is 0 Å². The molecule has 0 saturated carbocycles. The average molecular weight is 443 g/mol. The van der Waals surface area contributed by atoms with Gasteiger partial charge in [0.2, 0.25) is 0 Å². The Balaban J connectivity index is 1.87. The van der Waals surface area contributed by atoms with Gasteiger partial charge in [-0.05, 0) is 12.1 Å². The average Bonchev–Trinajstić information content (AvgIpc) is 2.75. The largest absolute Gasteiger partial charge is 0.491 e. The van der Waals surface area contributed by atoms with E-state index < -0.39 is 0 Å². The molecule has 0 saturated heterocycles. The van der Waals surface area contributed by atoms with Gasteiger partial charge in [0, 0.05) is 36.3 Å². The van der Waals surface area contributed by atoms with Gasteiger partial charge in [0.1, 0.15) is 12.7 Å². The van der Waals surface area contributed by atoms with Crippen molar-refractivity contribution < 1.29 is 9.47 Å². The molecule has 3 aromatic rings. The molecule has 3 rings (SSSR count). The van der Waals surface area contributed by atoms with Crippen molar-refractivity contribution in [3.63, 3.8) is 0 Å². The molecule has 0 aromatic carbocycles. The summed E-state index contributed by atoms with van der Waals surface area (Å²) in [5, 5.41) is 10.3. The lowest BCUT2D eigenvalue weighted by Gasteiger charge is -2.12. The third-order valence-corrected chi connectivity index (χ3v) is 4.72. The summed E-state index contributed by atoms with van der Waals surface area (Å²) in [6, 6.07) is 8.60. The lowest BCUT2D eigenvalue weighted by Crippen LogP contribution is -2.21. The highest BCUT2D eigenvalue weighted by atomic mass is 35.5. The van der Waals surface area contributed by atoms with E-state index in [0.29, 0.717) is 39.3 Å². The van der Waals surface area contributed by atoms with Crippen LogP contribution in [0.15, 0.2) is 53.8 Å². The third kappa shape index (κ3) is 4.98. The van der Waals surface area contributed by atoms with Crippen molar-refractivity contribution in [2.75, 3.05) is 13.7 Å². The fourth-order valence-corrected chi connectivity index (χ4v) is 3.08. The van der Waals surface area contributed by atoms with Crippen molar-refractivity contribution in [2.45, 2.75) is 6.54 Å². The predicted molar refractivity (Wildman–Crippen MR) is 115 cm³/mol. The van der Waals surface area contributed by atoms with Gasteiger partial charge in [0.05, 0.1) is 41.2 Å². The zero-order valence-corrected chi connectivity index (χ0v) is 17.4. The SMILES string of the molecule is COc1cnc(C(C#N)=Cc2c(Cl)cncc2Cl)cc1OCCn1ccccc1=O. The molecule has 30 heavy (non-hydrogen) atoms. The molecule has 3 heterocycles. The van der Waals surface area contributed by atoms with Crippen LogP contribution >= 0.6 is 23.2 Å². The summed E-state index contributed by atoms with van der Waals surface area (Å²) in [6.45, 7) is 0.570. The van der Waals surface area contributed by atoms with Crippen LogP contribution < -0.4 is 15.0 Å². The van der Waals surface area contributed by atoms with E-state index >= 15 is 0 Å². The van der Waals surface area contributed by atoms with E-state index in [2.05, 4.69) is 16.0 Å². The Bertz CT molecular complexity index is 1170. The van der Waals surface area contributed by atoms with E-state index in [9.17, 15) is 10.1 Å². The van der Waals surface area contributed by atoms with E-state index in [-0.39, 0.29) is 17.7 Å². The number of pyridine rings is 3. The van der Waals surface area contributed by atoms with E-state index in [1.807, 2.05) is 0 Å². The Morgan fingerprint density at radius 1 is 1.23 bits per heavy atom. The maximum Gasteiger partial charge on any atom is 0.250 e. The van der Waals surface area contributed by atoms with Crippen LogP contribution in [0.25, 0.3) is 11.6 Å². The normalized spacial score (nSPS) is 11.1. The molecule has 152 valence electrons. The molecule has 0 aliphatic heterocycles. The number of aromatic nitrogens is 3. The minimum Gasteiger partial charge on any atom is -0.491 e. The van der Waals surface area contributed by atoms with Gasteiger partial charge >= 0.3 is 0 Å². The number of nitriles is 1. The smallest absolute Gasteiger partial charge is 0.250 e. The highest BCUT2D eigenvalue weighted by Crippen LogP contribution is 2.31. The van der Waals surface area contributed by atoms with E-state index in [1.54, 1.807) is 24.4 Å². The van der Waals surface area contributed by atoms with Crippen LogP contribution in [0.2, 0.25) is 10.0 Å². The fraction of sp³-hybridized carbons (Fsp3) is 0.143. The standard InChI is InChI=1S/C21H16Cl2N4O3/c1-29-20-13-26-18(14(10-24)8-15-16(22)11-25-12-17(15)23)9-19(20)30-7-6-27-5-3-2-4-21(27)28/h2-5,8-9,11-13H,6-7H2,1H3. The number of nitrogens with zero attached hydrogens (tertiary/aromatic N) is 4. The summed E-state index contributed by atoms with van der Waals surface area (Å²) in [5.74, 6) is 0.788. The fourth-order valence-electron chi connectivity index (χ4n) is 2.60. The first kappa shape index (κ1) is 21.4. The maximum atomic E-state index is 11.8. The topological polar surface area (TPSA) is 90.0 Å². The van der Waals surface area contributed by atoms with E-state index in [0.717, 1.165) is 0 Å². The van der Waals surface area contributed by atoms with Crippen molar-refractivity contribution in [1.29, 1.82) is 5.26 Å². The molecular formula is C21H16Cl2N4O3. The monoisotopic (exact) mass is 442 g/mol. The molecule has 0 spiro atoms. The van der Waals surface area contributed by atoms with Crippen LogP contribution in [0.5, 0.6) is 11.5 Å². The number of rotatable bonds is 7. The van der Waals surface area contributed by atoms with Crippen LogP contribution in [0.1, 0.15) is 11.3 Å². The zero-order valence-electron chi connectivity index (χ0n) is 15.9. The Kier molecular flexibility index (Phi) is 7.07. The van der Waals surface area contributed by atoms with Crippen molar-refractivity contribution in [1.82, 2.24) is 14.5 Å². The summed E-state index contributed by atoms with van der Waals surface area (Å²) in [5.41, 5.74) is 0.934. The molecule has 0 amide bonds. The highest BCUT2D eigenvalue weighted by molar-refractivity contribution is 6.37. The summed E-state index contributed by atoms with van der Waals surface area (Å²) in [6.07, 6.45) is 7.56. The van der Waals surface area contributed by atoms with Gasteiger partial charge < -0.3 is 14.0 Å². The van der Waals surface area contributed by atoms with Crippen LogP contribution in [0.3, 0.4) is 0 Å². The van der Waals surface area contributed by atoms with Crippen molar-refractivity contribution in [2.24, 2.45) is 0 Å². The third-order valence-electron chi connectivity index (χ3n) is 4.12. The molecule has 0 N–H and O–H groups in total.